The van der Waals surface area contributed by atoms with E-state index in [4.69, 9.17) is 0 Å². The molecule has 0 aliphatic carbocycles. The van der Waals surface area contributed by atoms with E-state index < -0.39 is 11.7 Å². The van der Waals surface area contributed by atoms with Crippen LogP contribution in [0.2, 0.25) is 0 Å². The van der Waals surface area contributed by atoms with Crippen LogP contribution in [0.4, 0.5) is 18.3 Å². The average Bonchev–Trinajstić information content (AvgIpc) is 3.11. The largest absolute Gasteiger partial charge is 0.418 e. The van der Waals surface area contributed by atoms with Gasteiger partial charge in [-0.2, -0.15) is 13.2 Å². The van der Waals surface area contributed by atoms with Gasteiger partial charge in [-0.3, -0.25) is 4.79 Å². The molecule has 146 valence electrons. The Balaban J connectivity index is 1.51. The molecule has 0 fully saturated rings. The van der Waals surface area contributed by atoms with E-state index in [1.54, 1.807) is 22.9 Å². The molecular formula is C20H18F3N3OS. The second-order valence-electron chi connectivity index (χ2n) is 6.84. The molecule has 1 amide bonds. The molecule has 2 aromatic carbocycles. The minimum Gasteiger partial charge on any atom is -0.342 e. The molecule has 1 aromatic heterocycles. The molecule has 0 bridgehead atoms. The van der Waals surface area contributed by atoms with Crippen molar-refractivity contribution in [2.24, 2.45) is 0 Å². The number of benzene rings is 2. The topological polar surface area (TPSA) is 36.4 Å². The zero-order valence-corrected chi connectivity index (χ0v) is 16.0. The summed E-state index contributed by atoms with van der Waals surface area (Å²) in [7, 11) is 1.68. The molecule has 0 saturated heterocycles. The van der Waals surface area contributed by atoms with Gasteiger partial charge in [-0.15, -0.1) is 0 Å². The van der Waals surface area contributed by atoms with Gasteiger partial charge in [0, 0.05) is 20.1 Å². The van der Waals surface area contributed by atoms with Crippen molar-refractivity contribution in [2.75, 3.05) is 25.0 Å². The number of carbonyl (C=O) groups is 1. The smallest absolute Gasteiger partial charge is 0.342 e. The van der Waals surface area contributed by atoms with E-state index in [1.807, 2.05) is 18.2 Å². The molecule has 0 unspecified atom stereocenters. The minimum atomic E-state index is -4.46. The molecule has 0 saturated carbocycles. The molecule has 1 aliphatic heterocycles. The van der Waals surface area contributed by atoms with Crippen LogP contribution in [0.3, 0.4) is 0 Å². The first kappa shape index (κ1) is 18.7. The lowest BCUT2D eigenvalue weighted by Crippen LogP contribution is -2.41. The molecule has 3 aromatic rings. The summed E-state index contributed by atoms with van der Waals surface area (Å²) in [5.41, 5.74) is 1.58. The molecule has 8 heteroatoms. The van der Waals surface area contributed by atoms with Gasteiger partial charge in [-0.05, 0) is 29.7 Å². The van der Waals surface area contributed by atoms with Crippen molar-refractivity contribution in [3.05, 3.63) is 59.2 Å². The Morgan fingerprint density at radius 2 is 1.93 bits per heavy atom. The number of para-hydroxylation sites is 1. The van der Waals surface area contributed by atoms with E-state index in [2.05, 4.69) is 11.1 Å². The quantitative estimate of drug-likeness (QED) is 0.651. The Hall–Kier alpha value is -2.61. The van der Waals surface area contributed by atoms with Gasteiger partial charge in [0.25, 0.3) is 0 Å². The van der Waals surface area contributed by atoms with Crippen molar-refractivity contribution < 1.29 is 18.0 Å². The Morgan fingerprint density at radius 3 is 2.68 bits per heavy atom. The Bertz CT molecular complexity index is 1030. The zero-order valence-electron chi connectivity index (χ0n) is 15.2. The number of nitrogens with zero attached hydrogens (tertiary/aromatic N) is 3. The fourth-order valence-corrected chi connectivity index (χ4v) is 4.36. The second kappa shape index (κ2) is 7.09. The third kappa shape index (κ3) is 3.56. The third-order valence-corrected chi connectivity index (χ3v) is 6.03. The first-order valence-corrected chi connectivity index (χ1v) is 9.67. The highest BCUT2D eigenvalue weighted by Crippen LogP contribution is 2.38. The summed E-state index contributed by atoms with van der Waals surface area (Å²) in [6.45, 7) is 1.27. The molecular weight excluding hydrogens is 387 g/mol. The first-order chi connectivity index (χ1) is 13.3. The van der Waals surface area contributed by atoms with Crippen LogP contribution in [0.5, 0.6) is 0 Å². The van der Waals surface area contributed by atoms with E-state index >= 15 is 0 Å². The lowest BCUT2D eigenvalue weighted by atomic mass is 10.00. The van der Waals surface area contributed by atoms with Crippen molar-refractivity contribution in [3.8, 4) is 0 Å². The van der Waals surface area contributed by atoms with Crippen molar-refractivity contribution in [1.82, 2.24) is 9.88 Å². The van der Waals surface area contributed by atoms with Crippen LogP contribution >= 0.6 is 11.3 Å². The van der Waals surface area contributed by atoms with Crippen LogP contribution in [0, 0.1) is 0 Å². The van der Waals surface area contributed by atoms with Gasteiger partial charge >= 0.3 is 6.18 Å². The summed E-state index contributed by atoms with van der Waals surface area (Å²) in [6.07, 6.45) is -3.65. The highest BCUT2D eigenvalue weighted by molar-refractivity contribution is 7.22. The van der Waals surface area contributed by atoms with Crippen molar-refractivity contribution in [3.63, 3.8) is 0 Å². The maximum absolute atomic E-state index is 13.2. The fourth-order valence-electron chi connectivity index (χ4n) is 3.41. The number of hydrogen-bond donors (Lipinski definition) is 0. The standard InChI is InChI=1S/C20H18F3N3OS/c1-25(12-17(27)26-10-9-13-5-2-3-6-14(13)11-26)19-24-18-15(20(21,22)23)7-4-8-16(18)28-19/h2-8H,9-12H2,1H3. The number of carbonyl (C=O) groups excluding carboxylic acids is 1. The Morgan fingerprint density at radius 1 is 1.18 bits per heavy atom. The summed E-state index contributed by atoms with van der Waals surface area (Å²) < 4.78 is 40.0. The Labute approximate surface area is 164 Å². The lowest BCUT2D eigenvalue weighted by Gasteiger charge is -2.30. The predicted molar refractivity (Wildman–Crippen MR) is 103 cm³/mol. The number of fused-ring (bicyclic) bond motifs is 2. The molecule has 0 spiro atoms. The van der Waals surface area contributed by atoms with Crippen molar-refractivity contribution >= 4 is 32.6 Å². The van der Waals surface area contributed by atoms with Crippen molar-refractivity contribution in [1.29, 1.82) is 0 Å². The van der Waals surface area contributed by atoms with Crippen molar-refractivity contribution in [2.45, 2.75) is 19.1 Å². The molecule has 0 atom stereocenters. The molecule has 2 heterocycles. The number of rotatable bonds is 3. The number of aromatic nitrogens is 1. The molecule has 28 heavy (non-hydrogen) atoms. The highest BCUT2D eigenvalue weighted by atomic mass is 32.1. The van der Waals surface area contributed by atoms with E-state index in [0.29, 0.717) is 22.9 Å². The predicted octanol–water partition coefficient (Wildman–Crippen LogP) is 4.34. The normalized spacial score (nSPS) is 14.2. The van der Waals surface area contributed by atoms with Gasteiger partial charge in [0.15, 0.2) is 5.13 Å². The minimum absolute atomic E-state index is 0.0627. The van der Waals surface area contributed by atoms with Crippen LogP contribution in [0.25, 0.3) is 10.2 Å². The SMILES string of the molecule is CN(CC(=O)N1CCc2ccccc2C1)c1nc2c(C(F)(F)F)cccc2s1. The number of likely N-dealkylation sites (N-methyl/N-ethyl adjacent to an activating group) is 1. The summed E-state index contributed by atoms with van der Waals surface area (Å²) in [4.78, 5) is 20.3. The van der Waals surface area contributed by atoms with E-state index in [1.165, 1.54) is 11.6 Å². The number of halogens is 3. The average molecular weight is 405 g/mol. The summed E-state index contributed by atoms with van der Waals surface area (Å²) in [5.74, 6) is -0.0627. The lowest BCUT2D eigenvalue weighted by molar-refractivity contribution is -0.136. The number of amides is 1. The van der Waals surface area contributed by atoms with Gasteiger partial charge in [0.1, 0.15) is 0 Å². The highest BCUT2D eigenvalue weighted by Gasteiger charge is 2.34. The van der Waals surface area contributed by atoms with E-state index in [9.17, 15) is 18.0 Å². The first-order valence-electron chi connectivity index (χ1n) is 8.85. The summed E-state index contributed by atoms with van der Waals surface area (Å²) in [5, 5.41) is 0.400. The molecule has 1 aliphatic rings. The van der Waals surface area contributed by atoms with Gasteiger partial charge < -0.3 is 9.80 Å². The number of hydrogen-bond acceptors (Lipinski definition) is 4. The number of anilines is 1. The third-order valence-electron chi connectivity index (χ3n) is 4.90. The molecule has 0 N–H and O–H groups in total. The maximum atomic E-state index is 13.2. The Kier molecular flexibility index (Phi) is 4.74. The molecule has 4 nitrogen and oxygen atoms in total. The number of alkyl halides is 3. The summed E-state index contributed by atoms with van der Waals surface area (Å²) in [6, 6.07) is 12.1. The second-order valence-corrected chi connectivity index (χ2v) is 7.85. The number of thiazole rings is 1. The molecule has 4 rings (SSSR count). The van der Waals surface area contributed by atoms with Crippen LogP contribution in [0.15, 0.2) is 42.5 Å². The fraction of sp³-hybridized carbons (Fsp3) is 0.300. The van der Waals surface area contributed by atoms with Crippen LogP contribution in [-0.2, 0) is 23.9 Å². The monoisotopic (exact) mass is 405 g/mol. The van der Waals surface area contributed by atoms with Crippen LogP contribution in [-0.4, -0.2) is 35.9 Å². The van der Waals surface area contributed by atoms with Gasteiger partial charge in [0.2, 0.25) is 5.91 Å². The van der Waals surface area contributed by atoms with E-state index in [-0.39, 0.29) is 18.0 Å². The van der Waals surface area contributed by atoms with Gasteiger partial charge in [-0.1, -0.05) is 41.7 Å². The van der Waals surface area contributed by atoms with Crippen LogP contribution in [0.1, 0.15) is 16.7 Å². The summed E-state index contributed by atoms with van der Waals surface area (Å²) >= 11 is 1.16. The van der Waals surface area contributed by atoms with E-state index in [0.717, 1.165) is 29.4 Å². The zero-order chi connectivity index (χ0) is 19.9. The maximum Gasteiger partial charge on any atom is 0.418 e. The van der Waals surface area contributed by atoms with Gasteiger partial charge in [-0.25, -0.2) is 4.98 Å². The van der Waals surface area contributed by atoms with Gasteiger partial charge in [0.05, 0.1) is 22.3 Å². The molecule has 0 radical (unpaired) electrons. The van der Waals surface area contributed by atoms with Crippen LogP contribution < -0.4 is 4.90 Å².